The molecule has 2 fully saturated rings. The van der Waals surface area contributed by atoms with Gasteiger partial charge in [0.25, 0.3) is 10.0 Å². The topological polar surface area (TPSA) is 181 Å². The van der Waals surface area contributed by atoms with Gasteiger partial charge in [0, 0.05) is 35.8 Å². The van der Waals surface area contributed by atoms with Crippen LogP contribution in [0.3, 0.4) is 0 Å². The highest BCUT2D eigenvalue weighted by Gasteiger charge is 2.37. The van der Waals surface area contributed by atoms with Crippen LogP contribution in [0.5, 0.6) is 0 Å². The first kappa shape index (κ1) is 29.1. The lowest BCUT2D eigenvalue weighted by Crippen LogP contribution is -2.35. The molecule has 43 heavy (non-hydrogen) atoms. The Bertz CT molecular complexity index is 1720. The highest BCUT2D eigenvalue weighted by molar-refractivity contribution is 7.90. The second kappa shape index (κ2) is 10.9. The molecule has 4 N–H and O–H groups in total. The van der Waals surface area contributed by atoms with E-state index in [4.69, 9.17) is 0 Å². The molecule has 2 saturated carbocycles. The van der Waals surface area contributed by atoms with Crippen molar-refractivity contribution in [2.75, 3.05) is 10.6 Å². The predicted molar refractivity (Wildman–Crippen MR) is 161 cm³/mol. The van der Waals surface area contributed by atoms with Crippen molar-refractivity contribution in [2.45, 2.75) is 81.8 Å². The standard InChI is InChI=1S/C29H35N9O4S/c1-28(2,39)24-16-31-23(15-32-24)21-14-33-26(12-22(21)35-19-6-9-29(3,40)10-7-19)36-25-8-11-30-27(37-25)18-13-34-38(17-18)43(41,42)20-4-5-20/h8,11-17,19-20,39-40H,4-7,9-10H2,1-3H3,(H2,30,33,35,36,37). The Morgan fingerprint density at radius 1 is 1.00 bits per heavy atom. The Kier molecular flexibility index (Phi) is 7.39. The molecule has 13 nitrogen and oxygen atoms in total. The van der Waals surface area contributed by atoms with Crippen LogP contribution >= 0.6 is 0 Å². The molecule has 0 bridgehead atoms. The van der Waals surface area contributed by atoms with Gasteiger partial charge in [0.2, 0.25) is 0 Å². The lowest BCUT2D eigenvalue weighted by Gasteiger charge is -2.34. The van der Waals surface area contributed by atoms with Crippen molar-refractivity contribution in [1.29, 1.82) is 0 Å². The number of nitrogens with zero attached hydrogens (tertiary/aromatic N) is 7. The van der Waals surface area contributed by atoms with Gasteiger partial charge in [0.1, 0.15) is 17.2 Å². The van der Waals surface area contributed by atoms with E-state index in [9.17, 15) is 18.6 Å². The zero-order valence-corrected chi connectivity index (χ0v) is 25.1. The van der Waals surface area contributed by atoms with E-state index in [1.165, 1.54) is 12.4 Å². The van der Waals surface area contributed by atoms with Crippen molar-refractivity contribution in [3.8, 4) is 22.6 Å². The molecule has 4 heterocycles. The molecular weight excluding hydrogens is 570 g/mol. The summed E-state index contributed by atoms with van der Waals surface area (Å²) in [5.74, 6) is 1.32. The van der Waals surface area contributed by atoms with Crippen LogP contribution in [0.2, 0.25) is 0 Å². The molecule has 0 amide bonds. The first-order chi connectivity index (χ1) is 20.4. The summed E-state index contributed by atoms with van der Waals surface area (Å²) in [6.07, 6.45) is 13.6. The third-order valence-electron chi connectivity index (χ3n) is 7.82. The molecule has 0 aliphatic heterocycles. The van der Waals surface area contributed by atoms with Gasteiger partial charge in [-0.3, -0.25) is 9.97 Å². The number of pyridine rings is 1. The molecular formula is C29H35N9O4S. The third-order valence-corrected chi connectivity index (χ3v) is 9.85. The minimum absolute atomic E-state index is 0.145. The van der Waals surface area contributed by atoms with Gasteiger partial charge >= 0.3 is 0 Å². The van der Waals surface area contributed by atoms with Crippen LogP contribution in [-0.2, 0) is 15.6 Å². The Hall–Kier alpha value is -4.01. The monoisotopic (exact) mass is 605 g/mol. The molecule has 0 radical (unpaired) electrons. The minimum Gasteiger partial charge on any atom is -0.390 e. The summed E-state index contributed by atoms with van der Waals surface area (Å²) < 4.78 is 26.1. The van der Waals surface area contributed by atoms with E-state index in [2.05, 4.69) is 40.7 Å². The number of anilines is 3. The van der Waals surface area contributed by atoms with Gasteiger partial charge in [-0.2, -0.15) is 9.19 Å². The molecule has 0 spiro atoms. The second-order valence-corrected chi connectivity index (χ2v) is 14.2. The summed E-state index contributed by atoms with van der Waals surface area (Å²) in [7, 11) is -3.49. The van der Waals surface area contributed by atoms with Crippen molar-refractivity contribution < 1.29 is 18.6 Å². The summed E-state index contributed by atoms with van der Waals surface area (Å²) in [6.45, 7) is 5.19. The smallest absolute Gasteiger partial charge is 0.256 e. The fourth-order valence-corrected chi connectivity index (χ4v) is 6.49. The quantitative estimate of drug-likeness (QED) is 0.218. The van der Waals surface area contributed by atoms with Crippen molar-refractivity contribution in [1.82, 2.24) is 34.1 Å². The average Bonchev–Trinajstić information content (AvgIpc) is 3.71. The van der Waals surface area contributed by atoms with E-state index in [0.717, 1.165) is 28.2 Å². The van der Waals surface area contributed by atoms with E-state index in [1.54, 1.807) is 44.7 Å². The van der Waals surface area contributed by atoms with E-state index < -0.39 is 21.2 Å². The number of nitrogens with one attached hydrogen (secondary N) is 2. The van der Waals surface area contributed by atoms with Crippen molar-refractivity contribution in [2.24, 2.45) is 0 Å². The second-order valence-electron chi connectivity index (χ2n) is 12.1. The molecule has 14 heteroatoms. The van der Waals surface area contributed by atoms with Gasteiger partial charge in [0.05, 0.1) is 52.6 Å². The van der Waals surface area contributed by atoms with Gasteiger partial charge in [-0.15, -0.1) is 0 Å². The van der Waals surface area contributed by atoms with E-state index in [0.29, 0.717) is 60.1 Å². The lowest BCUT2D eigenvalue weighted by atomic mass is 9.83. The number of hydrogen-bond acceptors (Lipinski definition) is 12. The van der Waals surface area contributed by atoms with Gasteiger partial charge in [-0.25, -0.2) is 23.4 Å². The molecule has 6 rings (SSSR count). The van der Waals surface area contributed by atoms with Crippen LogP contribution in [0.4, 0.5) is 17.3 Å². The first-order valence-corrected chi connectivity index (χ1v) is 15.8. The van der Waals surface area contributed by atoms with E-state index >= 15 is 0 Å². The number of hydrogen-bond donors (Lipinski definition) is 4. The summed E-state index contributed by atoms with van der Waals surface area (Å²) >= 11 is 0. The fourth-order valence-electron chi connectivity index (χ4n) is 5.01. The van der Waals surface area contributed by atoms with E-state index in [1.807, 2.05) is 13.0 Å². The third kappa shape index (κ3) is 6.50. The maximum Gasteiger partial charge on any atom is 0.256 e. The molecule has 4 aromatic rings. The van der Waals surface area contributed by atoms with Gasteiger partial charge in [-0.1, -0.05) is 0 Å². The molecule has 0 aromatic carbocycles. The average molecular weight is 606 g/mol. The van der Waals surface area contributed by atoms with Crippen molar-refractivity contribution in [3.63, 3.8) is 0 Å². The summed E-state index contributed by atoms with van der Waals surface area (Å²) in [5.41, 5.74) is 1.30. The van der Waals surface area contributed by atoms with Crippen molar-refractivity contribution in [3.05, 3.63) is 55.0 Å². The van der Waals surface area contributed by atoms with E-state index in [-0.39, 0.29) is 11.3 Å². The van der Waals surface area contributed by atoms with Crippen LogP contribution in [0, 0.1) is 0 Å². The SMILES string of the molecule is CC1(O)CCC(Nc2cc(Nc3ccnc(-c4cnn(S(=O)(=O)C5CC5)c4)n3)ncc2-c2cnc(C(C)(C)O)cn2)CC1. The Balaban J connectivity index is 1.27. The van der Waals surface area contributed by atoms with Crippen molar-refractivity contribution >= 4 is 27.3 Å². The van der Waals surface area contributed by atoms with Gasteiger partial charge < -0.3 is 20.8 Å². The fraction of sp³-hybridized carbons (Fsp3) is 0.448. The summed E-state index contributed by atoms with van der Waals surface area (Å²) in [5, 5.41) is 31.2. The zero-order chi connectivity index (χ0) is 30.4. The van der Waals surface area contributed by atoms with Crippen LogP contribution < -0.4 is 10.6 Å². The number of aromatic nitrogens is 7. The predicted octanol–water partition coefficient (Wildman–Crippen LogP) is 3.61. The van der Waals surface area contributed by atoms with Crippen LogP contribution in [0.1, 0.15) is 65.0 Å². The summed E-state index contributed by atoms with van der Waals surface area (Å²) in [4.78, 5) is 22.4. The largest absolute Gasteiger partial charge is 0.390 e. The molecule has 2 aliphatic rings. The summed E-state index contributed by atoms with van der Waals surface area (Å²) in [6, 6.07) is 3.71. The van der Waals surface area contributed by atoms with Crippen LogP contribution in [-0.4, -0.2) is 69.6 Å². The molecule has 226 valence electrons. The Labute approximate surface area is 249 Å². The normalized spacial score (nSPS) is 21.0. The maximum absolute atomic E-state index is 12.5. The maximum atomic E-state index is 12.5. The minimum atomic E-state index is -3.49. The molecule has 0 saturated heterocycles. The first-order valence-electron chi connectivity index (χ1n) is 14.3. The molecule has 0 unspecified atom stereocenters. The van der Waals surface area contributed by atoms with Crippen LogP contribution in [0.25, 0.3) is 22.6 Å². The Morgan fingerprint density at radius 2 is 1.77 bits per heavy atom. The van der Waals surface area contributed by atoms with Crippen LogP contribution in [0.15, 0.2) is 49.3 Å². The molecule has 0 atom stereocenters. The highest BCUT2D eigenvalue weighted by Crippen LogP contribution is 2.34. The zero-order valence-electron chi connectivity index (χ0n) is 24.3. The Morgan fingerprint density at radius 3 is 2.44 bits per heavy atom. The highest BCUT2D eigenvalue weighted by atomic mass is 32.2. The number of aliphatic hydroxyl groups is 2. The van der Waals surface area contributed by atoms with Gasteiger partial charge in [-0.05, 0) is 65.4 Å². The molecule has 2 aliphatic carbocycles. The number of rotatable bonds is 9. The van der Waals surface area contributed by atoms with Gasteiger partial charge in [0.15, 0.2) is 5.82 Å². The lowest BCUT2D eigenvalue weighted by molar-refractivity contribution is 0.0196. The molecule has 4 aromatic heterocycles.